The zero-order valence-electron chi connectivity index (χ0n) is 8.29. The van der Waals surface area contributed by atoms with E-state index in [1.165, 1.54) is 0 Å². The molecule has 1 aliphatic rings. The average Bonchev–Trinajstić information content (AvgIpc) is 2.92. The van der Waals surface area contributed by atoms with E-state index in [0.29, 0.717) is 12.8 Å². The summed E-state index contributed by atoms with van der Waals surface area (Å²) < 4.78 is 33.3. The highest BCUT2D eigenvalue weighted by Crippen LogP contribution is 2.28. The molecule has 1 saturated carbocycles. The van der Waals surface area contributed by atoms with Crippen LogP contribution in [0.5, 0.6) is 0 Å². The summed E-state index contributed by atoms with van der Waals surface area (Å²) in [7, 11) is 0. The van der Waals surface area contributed by atoms with Gasteiger partial charge < -0.3 is 9.47 Å². The van der Waals surface area contributed by atoms with Crippen molar-refractivity contribution in [1.82, 2.24) is 0 Å². The van der Waals surface area contributed by atoms with Crippen LogP contribution in [-0.4, -0.2) is 31.1 Å². The van der Waals surface area contributed by atoms with E-state index in [-0.39, 0.29) is 6.61 Å². The molecule has 0 amide bonds. The summed E-state index contributed by atoms with van der Waals surface area (Å²) in [5.41, 5.74) is 0. The van der Waals surface area contributed by atoms with Gasteiger partial charge in [0.15, 0.2) is 6.61 Å². The molecule has 0 radical (unpaired) electrons. The Bertz CT molecular complexity index is 255. The zero-order valence-corrected chi connectivity index (χ0v) is 8.29. The molecule has 0 heterocycles. The molecular formula is C9H12F2O4. The number of carbonyl (C=O) groups excluding carboxylic acids is 2. The van der Waals surface area contributed by atoms with Crippen molar-refractivity contribution in [2.45, 2.75) is 25.7 Å². The molecule has 0 saturated heterocycles. The van der Waals surface area contributed by atoms with Gasteiger partial charge in [-0.05, 0) is 18.8 Å². The van der Waals surface area contributed by atoms with Crippen molar-refractivity contribution in [1.29, 1.82) is 0 Å². The largest absolute Gasteiger partial charge is 0.463 e. The van der Waals surface area contributed by atoms with Crippen molar-refractivity contribution in [3.63, 3.8) is 0 Å². The van der Waals surface area contributed by atoms with Crippen molar-refractivity contribution >= 4 is 11.9 Å². The maximum absolute atomic E-state index is 12.3. The highest BCUT2D eigenvalue weighted by molar-refractivity contribution is 5.80. The van der Waals surface area contributed by atoms with Gasteiger partial charge in [-0.1, -0.05) is 0 Å². The predicted octanol–water partition coefficient (Wildman–Crippen LogP) is 1.14. The third kappa shape index (κ3) is 4.71. The number of hydrogen-bond donors (Lipinski definition) is 0. The molecule has 1 rings (SSSR count). The minimum atomic E-state index is -3.57. The molecule has 0 spiro atoms. The molecule has 1 fully saturated rings. The van der Waals surface area contributed by atoms with Gasteiger partial charge >= 0.3 is 17.9 Å². The molecule has 0 atom stereocenters. The molecule has 0 N–H and O–H groups in total. The van der Waals surface area contributed by atoms with E-state index in [1.54, 1.807) is 0 Å². The van der Waals surface area contributed by atoms with Crippen molar-refractivity contribution in [2.24, 2.45) is 5.92 Å². The smallest absolute Gasteiger partial charge is 0.377 e. The highest BCUT2D eigenvalue weighted by atomic mass is 19.3. The van der Waals surface area contributed by atoms with Crippen LogP contribution < -0.4 is 0 Å². The van der Waals surface area contributed by atoms with Crippen LogP contribution in [0.1, 0.15) is 19.8 Å². The molecular weight excluding hydrogens is 210 g/mol. The van der Waals surface area contributed by atoms with Gasteiger partial charge in [0.05, 0.1) is 6.61 Å². The number of ether oxygens (including phenoxy) is 2. The first-order valence-corrected chi connectivity index (χ1v) is 4.60. The van der Waals surface area contributed by atoms with Gasteiger partial charge in [0.2, 0.25) is 0 Å². The van der Waals surface area contributed by atoms with Crippen LogP contribution in [-0.2, 0) is 19.1 Å². The molecule has 0 bridgehead atoms. The molecule has 1 aliphatic carbocycles. The van der Waals surface area contributed by atoms with E-state index >= 15 is 0 Å². The number of alkyl halides is 2. The van der Waals surface area contributed by atoms with E-state index in [0.717, 1.165) is 12.8 Å². The van der Waals surface area contributed by atoms with Gasteiger partial charge in [-0.2, -0.15) is 8.78 Å². The summed E-state index contributed by atoms with van der Waals surface area (Å²) in [5.74, 6) is -5.70. The Kier molecular flexibility index (Phi) is 3.60. The first-order chi connectivity index (χ1) is 6.89. The Hall–Kier alpha value is -1.20. The lowest BCUT2D eigenvalue weighted by atomic mass is 10.4. The van der Waals surface area contributed by atoms with Crippen LogP contribution in [0.4, 0.5) is 8.78 Å². The second-order valence-electron chi connectivity index (χ2n) is 3.59. The van der Waals surface area contributed by atoms with Gasteiger partial charge in [-0.3, -0.25) is 0 Å². The van der Waals surface area contributed by atoms with E-state index < -0.39 is 24.5 Å². The first kappa shape index (κ1) is 11.9. The highest BCUT2D eigenvalue weighted by Gasteiger charge is 2.34. The van der Waals surface area contributed by atoms with Gasteiger partial charge in [0, 0.05) is 6.92 Å². The van der Waals surface area contributed by atoms with Crippen molar-refractivity contribution in [3.05, 3.63) is 0 Å². The molecule has 15 heavy (non-hydrogen) atoms. The van der Waals surface area contributed by atoms with Gasteiger partial charge in [0.25, 0.3) is 0 Å². The van der Waals surface area contributed by atoms with Crippen LogP contribution in [0, 0.1) is 5.92 Å². The van der Waals surface area contributed by atoms with E-state index in [1.807, 2.05) is 0 Å². The zero-order chi connectivity index (χ0) is 11.5. The number of rotatable bonds is 5. The summed E-state index contributed by atoms with van der Waals surface area (Å²) in [5, 5.41) is 0. The van der Waals surface area contributed by atoms with Crippen LogP contribution in [0.15, 0.2) is 0 Å². The van der Waals surface area contributed by atoms with Crippen molar-refractivity contribution in [3.8, 4) is 0 Å². The Morgan fingerprint density at radius 2 is 1.93 bits per heavy atom. The van der Waals surface area contributed by atoms with Crippen molar-refractivity contribution in [2.75, 3.05) is 13.2 Å². The van der Waals surface area contributed by atoms with Gasteiger partial charge in [-0.25, -0.2) is 9.59 Å². The summed E-state index contributed by atoms with van der Waals surface area (Å²) in [6, 6.07) is 0. The second-order valence-corrected chi connectivity index (χ2v) is 3.59. The Balaban J connectivity index is 2.12. The van der Waals surface area contributed by atoms with Gasteiger partial charge in [0.1, 0.15) is 0 Å². The maximum Gasteiger partial charge on any atom is 0.377 e. The monoisotopic (exact) mass is 222 g/mol. The molecule has 0 unspecified atom stereocenters. The third-order valence-corrected chi connectivity index (χ3v) is 1.86. The van der Waals surface area contributed by atoms with Crippen LogP contribution >= 0.6 is 0 Å². The molecule has 0 aromatic carbocycles. The van der Waals surface area contributed by atoms with Crippen LogP contribution in [0.3, 0.4) is 0 Å². The van der Waals surface area contributed by atoms with Crippen LogP contribution in [0.25, 0.3) is 0 Å². The molecule has 6 heteroatoms. The Morgan fingerprint density at radius 1 is 1.33 bits per heavy atom. The first-order valence-electron chi connectivity index (χ1n) is 4.60. The Labute approximate surface area is 85.5 Å². The second kappa shape index (κ2) is 4.55. The SMILES string of the molecule is CC(F)(F)C(=O)OCC(=O)OCC1CC1. The number of carbonyl (C=O) groups is 2. The number of esters is 2. The minimum Gasteiger partial charge on any atom is -0.463 e. The third-order valence-electron chi connectivity index (χ3n) is 1.86. The summed E-state index contributed by atoms with van der Waals surface area (Å²) >= 11 is 0. The summed E-state index contributed by atoms with van der Waals surface area (Å²) in [6.45, 7) is -0.0707. The minimum absolute atomic E-state index is 0.277. The lowest BCUT2D eigenvalue weighted by molar-refractivity contribution is -0.175. The fraction of sp³-hybridized carbons (Fsp3) is 0.778. The van der Waals surface area contributed by atoms with Gasteiger partial charge in [-0.15, -0.1) is 0 Å². The van der Waals surface area contributed by atoms with Crippen LogP contribution in [0.2, 0.25) is 0 Å². The fourth-order valence-corrected chi connectivity index (χ4v) is 0.788. The average molecular weight is 222 g/mol. The summed E-state index contributed by atoms with van der Waals surface area (Å²) in [4.78, 5) is 21.4. The molecule has 86 valence electrons. The molecule has 0 aromatic rings. The lowest BCUT2D eigenvalue weighted by Gasteiger charge is -2.09. The van der Waals surface area contributed by atoms with E-state index in [4.69, 9.17) is 0 Å². The fourth-order valence-electron chi connectivity index (χ4n) is 0.788. The van der Waals surface area contributed by atoms with E-state index in [2.05, 4.69) is 9.47 Å². The molecule has 0 aliphatic heterocycles. The number of halogens is 2. The standard InChI is InChI=1S/C9H12F2O4/c1-9(10,11)8(13)15-5-7(12)14-4-6-2-3-6/h6H,2-5H2,1H3. The normalized spacial score (nSPS) is 15.9. The topological polar surface area (TPSA) is 52.6 Å². The predicted molar refractivity (Wildman–Crippen MR) is 45.3 cm³/mol. The lowest BCUT2D eigenvalue weighted by Crippen LogP contribution is -2.29. The number of hydrogen-bond acceptors (Lipinski definition) is 4. The molecule has 4 nitrogen and oxygen atoms in total. The van der Waals surface area contributed by atoms with E-state index in [9.17, 15) is 18.4 Å². The van der Waals surface area contributed by atoms with Crippen molar-refractivity contribution < 1.29 is 27.8 Å². The molecule has 0 aromatic heterocycles. The summed E-state index contributed by atoms with van der Waals surface area (Å²) in [6.07, 6.45) is 2.03. The Morgan fingerprint density at radius 3 is 2.40 bits per heavy atom. The maximum atomic E-state index is 12.3. The quantitative estimate of drug-likeness (QED) is 0.654.